The van der Waals surface area contributed by atoms with Crippen molar-refractivity contribution in [3.05, 3.63) is 71.0 Å². The summed E-state index contributed by atoms with van der Waals surface area (Å²) in [5, 5.41) is 9.53. The number of guanidine groups is 1. The molecular formula is C25H36FN5O. The lowest BCUT2D eigenvalue weighted by Crippen LogP contribution is -2.43. The lowest BCUT2D eigenvalue weighted by atomic mass is 9.84. The van der Waals surface area contributed by atoms with Crippen LogP contribution < -0.4 is 16.0 Å². The Morgan fingerprint density at radius 3 is 2.50 bits per heavy atom. The van der Waals surface area contributed by atoms with Gasteiger partial charge in [-0.05, 0) is 56.4 Å². The van der Waals surface area contributed by atoms with E-state index >= 15 is 0 Å². The summed E-state index contributed by atoms with van der Waals surface area (Å²) >= 11 is 0. The summed E-state index contributed by atoms with van der Waals surface area (Å²) in [5.74, 6) is 0.360. The zero-order valence-electron chi connectivity index (χ0n) is 19.8. The van der Waals surface area contributed by atoms with Crippen molar-refractivity contribution >= 4 is 11.9 Å². The molecule has 0 atom stereocenters. The molecule has 0 saturated carbocycles. The molecule has 32 heavy (non-hydrogen) atoms. The van der Waals surface area contributed by atoms with Gasteiger partial charge in [-0.1, -0.05) is 38.1 Å². The number of carbonyl (C=O) groups is 1. The molecule has 0 aromatic heterocycles. The van der Waals surface area contributed by atoms with Crippen LogP contribution in [-0.4, -0.2) is 57.0 Å². The molecule has 0 unspecified atom stereocenters. The molecule has 7 heteroatoms. The smallest absolute Gasteiger partial charge is 0.251 e. The van der Waals surface area contributed by atoms with Crippen LogP contribution in [-0.2, 0) is 12.0 Å². The van der Waals surface area contributed by atoms with Crippen molar-refractivity contribution in [2.75, 3.05) is 40.3 Å². The Labute approximate surface area is 191 Å². The van der Waals surface area contributed by atoms with E-state index in [4.69, 9.17) is 0 Å². The van der Waals surface area contributed by atoms with Crippen molar-refractivity contribution in [2.24, 2.45) is 4.99 Å². The lowest BCUT2D eigenvalue weighted by molar-refractivity contribution is 0.0951. The maximum Gasteiger partial charge on any atom is 0.251 e. The van der Waals surface area contributed by atoms with Crippen LogP contribution in [0, 0.1) is 5.82 Å². The molecule has 0 fully saturated rings. The second-order valence-electron chi connectivity index (χ2n) is 8.70. The van der Waals surface area contributed by atoms with Gasteiger partial charge in [0, 0.05) is 37.2 Å². The van der Waals surface area contributed by atoms with Gasteiger partial charge in [0.2, 0.25) is 0 Å². The van der Waals surface area contributed by atoms with E-state index in [-0.39, 0.29) is 17.1 Å². The molecule has 0 spiro atoms. The van der Waals surface area contributed by atoms with Crippen molar-refractivity contribution in [3.8, 4) is 0 Å². The number of aliphatic imine (C=N–C) groups is 1. The molecule has 0 aliphatic heterocycles. The predicted octanol–water partition coefficient (Wildman–Crippen LogP) is 3.15. The number of benzene rings is 2. The topological polar surface area (TPSA) is 68.8 Å². The normalized spacial score (nSPS) is 12.0. The minimum Gasteiger partial charge on any atom is -0.357 e. The summed E-state index contributed by atoms with van der Waals surface area (Å²) in [5.41, 5.74) is 2.23. The Balaban J connectivity index is 2.01. The molecule has 0 aliphatic carbocycles. The Hall–Kier alpha value is -2.93. The summed E-state index contributed by atoms with van der Waals surface area (Å²) in [4.78, 5) is 19.1. The first-order chi connectivity index (χ1) is 15.2. The quantitative estimate of drug-likeness (QED) is 0.391. The predicted molar refractivity (Wildman–Crippen MR) is 130 cm³/mol. The first kappa shape index (κ1) is 25.3. The standard InChI is InChI=1S/C25H36FN5O/c1-6-27-24(30-18-25(2,3)21-11-8-12-22(26)16-21)29-17-19-9-7-10-20(15-19)23(32)28-13-14-31(4)5/h7-12,15-16H,6,13-14,17-18H2,1-5H3,(H,28,32)(H2,27,29,30). The summed E-state index contributed by atoms with van der Waals surface area (Å²) in [6.45, 7) is 9.29. The second-order valence-corrected chi connectivity index (χ2v) is 8.70. The average molecular weight is 442 g/mol. The molecule has 0 aliphatic rings. The van der Waals surface area contributed by atoms with E-state index in [0.717, 1.165) is 24.2 Å². The van der Waals surface area contributed by atoms with Gasteiger partial charge < -0.3 is 20.9 Å². The number of hydrogen-bond acceptors (Lipinski definition) is 3. The highest BCUT2D eigenvalue weighted by Crippen LogP contribution is 2.22. The third-order valence-electron chi connectivity index (χ3n) is 5.10. The van der Waals surface area contributed by atoms with Crippen LogP contribution in [0.25, 0.3) is 0 Å². The van der Waals surface area contributed by atoms with E-state index < -0.39 is 0 Å². The lowest BCUT2D eigenvalue weighted by Gasteiger charge is -2.27. The molecule has 174 valence electrons. The van der Waals surface area contributed by atoms with Crippen molar-refractivity contribution in [2.45, 2.75) is 32.7 Å². The number of amides is 1. The summed E-state index contributed by atoms with van der Waals surface area (Å²) in [6, 6.07) is 14.2. The van der Waals surface area contributed by atoms with Crippen LogP contribution in [0.4, 0.5) is 4.39 Å². The Kier molecular flexibility index (Phi) is 9.65. The molecule has 2 aromatic rings. The maximum atomic E-state index is 13.6. The van der Waals surface area contributed by atoms with Gasteiger partial charge >= 0.3 is 0 Å². The van der Waals surface area contributed by atoms with Gasteiger partial charge in [-0.3, -0.25) is 4.79 Å². The molecule has 0 saturated heterocycles. The Bertz CT molecular complexity index is 911. The highest BCUT2D eigenvalue weighted by atomic mass is 19.1. The number of likely N-dealkylation sites (N-methyl/N-ethyl adjacent to an activating group) is 1. The van der Waals surface area contributed by atoms with Gasteiger partial charge in [0.1, 0.15) is 5.82 Å². The van der Waals surface area contributed by atoms with Crippen LogP contribution in [0.5, 0.6) is 0 Å². The van der Waals surface area contributed by atoms with Crippen molar-refractivity contribution in [1.82, 2.24) is 20.9 Å². The number of rotatable bonds is 10. The van der Waals surface area contributed by atoms with Crippen molar-refractivity contribution < 1.29 is 9.18 Å². The number of nitrogens with one attached hydrogen (secondary N) is 3. The summed E-state index contributed by atoms with van der Waals surface area (Å²) < 4.78 is 13.6. The van der Waals surface area contributed by atoms with E-state index in [9.17, 15) is 9.18 Å². The van der Waals surface area contributed by atoms with E-state index in [0.29, 0.717) is 31.2 Å². The van der Waals surface area contributed by atoms with Gasteiger partial charge in [-0.25, -0.2) is 9.38 Å². The monoisotopic (exact) mass is 441 g/mol. The summed E-state index contributed by atoms with van der Waals surface area (Å²) in [7, 11) is 3.94. The van der Waals surface area contributed by atoms with E-state index in [1.54, 1.807) is 12.1 Å². The highest BCUT2D eigenvalue weighted by molar-refractivity contribution is 5.94. The van der Waals surface area contributed by atoms with Crippen molar-refractivity contribution in [3.63, 3.8) is 0 Å². The van der Waals surface area contributed by atoms with Crippen LogP contribution in [0.2, 0.25) is 0 Å². The maximum absolute atomic E-state index is 13.6. The highest BCUT2D eigenvalue weighted by Gasteiger charge is 2.21. The number of nitrogens with zero attached hydrogens (tertiary/aromatic N) is 2. The fraction of sp³-hybridized carbons (Fsp3) is 0.440. The van der Waals surface area contributed by atoms with Crippen LogP contribution >= 0.6 is 0 Å². The molecule has 0 radical (unpaired) electrons. The molecule has 2 rings (SSSR count). The van der Waals surface area contributed by atoms with Crippen LogP contribution in [0.15, 0.2) is 53.5 Å². The molecule has 0 bridgehead atoms. The molecule has 0 heterocycles. The largest absolute Gasteiger partial charge is 0.357 e. The molecule has 2 aromatic carbocycles. The van der Waals surface area contributed by atoms with Crippen LogP contribution in [0.1, 0.15) is 42.3 Å². The zero-order chi connectivity index (χ0) is 23.6. The fourth-order valence-corrected chi connectivity index (χ4v) is 3.13. The van der Waals surface area contributed by atoms with Gasteiger partial charge in [-0.2, -0.15) is 0 Å². The Morgan fingerprint density at radius 2 is 1.81 bits per heavy atom. The van der Waals surface area contributed by atoms with Gasteiger partial charge in [0.25, 0.3) is 5.91 Å². The average Bonchev–Trinajstić information content (AvgIpc) is 2.75. The third-order valence-corrected chi connectivity index (χ3v) is 5.10. The van der Waals surface area contributed by atoms with Crippen LogP contribution in [0.3, 0.4) is 0 Å². The third kappa shape index (κ3) is 8.30. The first-order valence-electron chi connectivity index (χ1n) is 11.0. The summed E-state index contributed by atoms with van der Waals surface area (Å²) in [6.07, 6.45) is 0. The number of halogens is 1. The molecule has 1 amide bonds. The SMILES string of the molecule is CCNC(=NCc1cccc(C(=O)NCCN(C)C)c1)NCC(C)(C)c1cccc(F)c1. The van der Waals surface area contributed by atoms with Gasteiger partial charge in [0.15, 0.2) is 5.96 Å². The van der Waals surface area contributed by atoms with E-state index in [1.165, 1.54) is 6.07 Å². The molecular weight excluding hydrogens is 405 g/mol. The van der Waals surface area contributed by atoms with E-state index in [2.05, 4.69) is 34.8 Å². The fourth-order valence-electron chi connectivity index (χ4n) is 3.13. The molecule has 3 N–H and O–H groups in total. The number of hydrogen-bond donors (Lipinski definition) is 3. The number of carbonyl (C=O) groups excluding carboxylic acids is 1. The zero-order valence-corrected chi connectivity index (χ0v) is 19.8. The Morgan fingerprint density at radius 1 is 1.06 bits per heavy atom. The van der Waals surface area contributed by atoms with E-state index in [1.807, 2.05) is 56.3 Å². The van der Waals surface area contributed by atoms with Gasteiger partial charge in [-0.15, -0.1) is 0 Å². The van der Waals surface area contributed by atoms with Gasteiger partial charge in [0.05, 0.1) is 6.54 Å². The first-order valence-corrected chi connectivity index (χ1v) is 11.0. The minimum atomic E-state index is -0.275. The van der Waals surface area contributed by atoms with Crippen molar-refractivity contribution in [1.29, 1.82) is 0 Å². The molecule has 6 nitrogen and oxygen atoms in total. The second kappa shape index (κ2) is 12.2. The minimum absolute atomic E-state index is 0.0837.